The summed E-state index contributed by atoms with van der Waals surface area (Å²) < 4.78 is 0. The number of nitrogens with one attached hydrogen (secondary N) is 1. The van der Waals surface area contributed by atoms with Gasteiger partial charge in [-0.15, -0.1) is 0 Å². The molecular weight excluding hydrogens is 270 g/mol. The van der Waals surface area contributed by atoms with E-state index < -0.39 is 0 Å². The molecule has 1 N–H and O–H groups in total. The van der Waals surface area contributed by atoms with Crippen molar-refractivity contribution in [1.29, 1.82) is 0 Å². The second-order valence-corrected chi connectivity index (χ2v) is 5.17. The SMILES string of the molecule is O=CC(CNCCc1ccccc1)c1ccc(Cl)cc1. The fraction of sp³-hybridized carbons (Fsp3) is 0.235. The number of rotatable bonds is 7. The zero-order chi connectivity index (χ0) is 14.2. The van der Waals surface area contributed by atoms with Gasteiger partial charge < -0.3 is 10.1 Å². The van der Waals surface area contributed by atoms with Gasteiger partial charge in [-0.05, 0) is 36.2 Å². The molecule has 0 spiro atoms. The Balaban J connectivity index is 1.79. The molecule has 2 nitrogen and oxygen atoms in total. The van der Waals surface area contributed by atoms with Crippen LogP contribution in [-0.4, -0.2) is 19.4 Å². The second-order valence-electron chi connectivity index (χ2n) is 4.73. The zero-order valence-electron chi connectivity index (χ0n) is 11.3. The highest BCUT2D eigenvalue weighted by atomic mass is 35.5. The lowest BCUT2D eigenvalue weighted by Crippen LogP contribution is -2.24. The number of halogens is 1. The average Bonchev–Trinajstić information content (AvgIpc) is 2.50. The molecule has 0 aliphatic carbocycles. The largest absolute Gasteiger partial charge is 0.315 e. The molecule has 2 aromatic rings. The van der Waals surface area contributed by atoms with Crippen LogP contribution < -0.4 is 5.32 Å². The molecular formula is C17H18ClNO. The van der Waals surface area contributed by atoms with Gasteiger partial charge in [-0.1, -0.05) is 54.1 Å². The third-order valence-corrected chi connectivity index (χ3v) is 3.51. The molecule has 0 radical (unpaired) electrons. The predicted octanol–water partition coefficient (Wildman–Crippen LogP) is 3.45. The Morgan fingerprint density at radius 2 is 1.75 bits per heavy atom. The minimum Gasteiger partial charge on any atom is -0.315 e. The molecule has 0 saturated heterocycles. The van der Waals surface area contributed by atoms with E-state index in [2.05, 4.69) is 17.4 Å². The Morgan fingerprint density at radius 3 is 2.40 bits per heavy atom. The van der Waals surface area contributed by atoms with Crippen molar-refractivity contribution in [3.05, 3.63) is 70.7 Å². The van der Waals surface area contributed by atoms with Gasteiger partial charge in [0.2, 0.25) is 0 Å². The molecule has 2 aromatic carbocycles. The molecule has 3 heteroatoms. The summed E-state index contributed by atoms with van der Waals surface area (Å²) in [7, 11) is 0. The number of aldehydes is 1. The molecule has 0 heterocycles. The van der Waals surface area contributed by atoms with E-state index in [0.717, 1.165) is 24.8 Å². The summed E-state index contributed by atoms with van der Waals surface area (Å²) in [6.45, 7) is 1.51. The van der Waals surface area contributed by atoms with Crippen LogP contribution in [0.25, 0.3) is 0 Å². The first-order chi connectivity index (χ1) is 9.79. The van der Waals surface area contributed by atoms with Crippen molar-refractivity contribution in [2.45, 2.75) is 12.3 Å². The van der Waals surface area contributed by atoms with Crippen molar-refractivity contribution in [1.82, 2.24) is 5.32 Å². The van der Waals surface area contributed by atoms with Crippen molar-refractivity contribution in [2.24, 2.45) is 0 Å². The summed E-state index contributed by atoms with van der Waals surface area (Å²) in [5.74, 6) is -0.122. The Labute approximate surface area is 124 Å². The van der Waals surface area contributed by atoms with Crippen molar-refractivity contribution in [2.75, 3.05) is 13.1 Å². The van der Waals surface area contributed by atoms with Gasteiger partial charge in [-0.2, -0.15) is 0 Å². The van der Waals surface area contributed by atoms with Gasteiger partial charge in [0.15, 0.2) is 0 Å². The van der Waals surface area contributed by atoms with E-state index in [9.17, 15) is 4.79 Å². The van der Waals surface area contributed by atoms with Crippen LogP contribution in [0, 0.1) is 0 Å². The van der Waals surface area contributed by atoms with Crippen molar-refractivity contribution in [3.8, 4) is 0 Å². The van der Waals surface area contributed by atoms with E-state index >= 15 is 0 Å². The first-order valence-corrected chi connectivity index (χ1v) is 7.13. The maximum Gasteiger partial charge on any atom is 0.128 e. The lowest BCUT2D eigenvalue weighted by atomic mass is 10.0. The van der Waals surface area contributed by atoms with Crippen molar-refractivity contribution in [3.63, 3.8) is 0 Å². The van der Waals surface area contributed by atoms with Crippen molar-refractivity contribution < 1.29 is 4.79 Å². The third-order valence-electron chi connectivity index (χ3n) is 3.26. The number of benzene rings is 2. The minimum atomic E-state index is -0.122. The lowest BCUT2D eigenvalue weighted by molar-refractivity contribution is -0.109. The molecule has 0 saturated carbocycles. The van der Waals surface area contributed by atoms with Crippen LogP contribution in [0.15, 0.2) is 54.6 Å². The van der Waals surface area contributed by atoms with Crippen LogP contribution in [0.4, 0.5) is 0 Å². The minimum absolute atomic E-state index is 0.122. The highest BCUT2D eigenvalue weighted by Crippen LogP contribution is 2.16. The fourth-order valence-corrected chi connectivity index (χ4v) is 2.22. The van der Waals surface area contributed by atoms with E-state index in [1.807, 2.05) is 42.5 Å². The van der Waals surface area contributed by atoms with Gasteiger partial charge in [0.1, 0.15) is 6.29 Å². The summed E-state index contributed by atoms with van der Waals surface area (Å²) in [6.07, 6.45) is 1.95. The van der Waals surface area contributed by atoms with Gasteiger partial charge in [-0.3, -0.25) is 0 Å². The predicted molar refractivity (Wildman–Crippen MR) is 83.3 cm³/mol. The normalized spacial score (nSPS) is 12.1. The van der Waals surface area contributed by atoms with E-state index in [4.69, 9.17) is 11.6 Å². The number of carbonyl (C=O) groups excluding carboxylic acids is 1. The Hall–Kier alpha value is -1.64. The second kappa shape index (κ2) is 7.83. The highest BCUT2D eigenvalue weighted by molar-refractivity contribution is 6.30. The Kier molecular flexibility index (Phi) is 5.78. The third kappa shape index (κ3) is 4.48. The molecule has 0 aromatic heterocycles. The molecule has 0 bridgehead atoms. The van der Waals surface area contributed by atoms with E-state index in [0.29, 0.717) is 11.6 Å². The molecule has 0 aliphatic rings. The smallest absolute Gasteiger partial charge is 0.128 e. The molecule has 0 aliphatic heterocycles. The van der Waals surface area contributed by atoms with Crippen LogP contribution in [0.5, 0.6) is 0 Å². The fourth-order valence-electron chi connectivity index (χ4n) is 2.09. The number of hydrogen-bond acceptors (Lipinski definition) is 2. The lowest BCUT2D eigenvalue weighted by Gasteiger charge is -2.12. The van der Waals surface area contributed by atoms with Gasteiger partial charge in [-0.25, -0.2) is 0 Å². The van der Waals surface area contributed by atoms with Gasteiger partial charge in [0.25, 0.3) is 0 Å². The van der Waals surface area contributed by atoms with E-state index in [-0.39, 0.29) is 5.92 Å². The maximum atomic E-state index is 11.2. The van der Waals surface area contributed by atoms with E-state index in [1.54, 1.807) is 0 Å². The molecule has 0 fully saturated rings. The van der Waals surface area contributed by atoms with Crippen LogP contribution in [0.2, 0.25) is 5.02 Å². The standard InChI is InChI=1S/C17H18ClNO/c18-17-8-6-15(7-9-17)16(13-20)12-19-11-10-14-4-2-1-3-5-14/h1-9,13,16,19H,10-12H2. The van der Waals surface area contributed by atoms with Gasteiger partial charge in [0, 0.05) is 11.6 Å². The number of carbonyl (C=O) groups is 1. The van der Waals surface area contributed by atoms with Gasteiger partial charge in [0.05, 0.1) is 5.92 Å². The highest BCUT2D eigenvalue weighted by Gasteiger charge is 2.09. The monoisotopic (exact) mass is 287 g/mol. The molecule has 20 heavy (non-hydrogen) atoms. The van der Waals surface area contributed by atoms with Crippen LogP contribution >= 0.6 is 11.6 Å². The summed E-state index contributed by atoms with van der Waals surface area (Å²) in [6, 6.07) is 17.7. The zero-order valence-corrected chi connectivity index (χ0v) is 12.0. The molecule has 2 rings (SSSR count). The quantitative estimate of drug-likeness (QED) is 0.624. The summed E-state index contributed by atoms with van der Waals surface area (Å²) >= 11 is 5.85. The summed E-state index contributed by atoms with van der Waals surface area (Å²) in [4.78, 5) is 11.2. The Bertz CT molecular complexity index is 524. The van der Waals surface area contributed by atoms with Crippen molar-refractivity contribution >= 4 is 17.9 Å². The Morgan fingerprint density at radius 1 is 1.05 bits per heavy atom. The first kappa shape index (κ1) is 14.8. The van der Waals surface area contributed by atoms with E-state index in [1.165, 1.54) is 5.56 Å². The van der Waals surface area contributed by atoms with Gasteiger partial charge >= 0.3 is 0 Å². The molecule has 1 unspecified atom stereocenters. The summed E-state index contributed by atoms with van der Waals surface area (Å²) in [5, 5.41) is 4.02. The summed E-state index contributed by atoms with van der Waals surface area (Å²) in [5.41, 5.74) is 2.30. The van der Waals surface area contributed by atoms with Crippen LogP contribution in [0.1, 0.15) is 17.0 Å². The molecule has 0 amide bonds. The molecule has 104 valence electrons. The maximum absolute atomic E-state index is 11.2. The topological polar surface area (TPSA) is 29.1 Å². The first-order valence-electron chi connectivity index (χ1n) is 6.75. The van der Waals surface area contributed by atoms with Crippen LogP contribution in [-0.2, 0) is 11.2 Å². The number of hydrogen-bond donors (Lipinski definition) is 1. The molecule has 1 atom stereocenters. The average molecular weight is 288 g/mol. The van der Waals surface area contributed by atoms with Crippen LogP contribution in [0.3, 0.4) is 0 Å².